The highest BCUT2D eigenvalue weighted by Gasteiger charge is 2.16. The molecule has 2 N–H and O–H groups in total. The topological polar surface area (TPSA) is 62.5 Å². The van der Waals surface area contributed by atoms with Crippen LogP contribution in [0.15, 0.2) is 35.0 Å². The number of aliphatic hydroxyl groups is 1. The lowest BCUT2D eigenvalue weighted by molar-refractivity contribution is -0.117. The largest absolute Gasteiger partial charge is 0.467 e. The highest BCUT2D eigenvalue weighted by atomic mass is 16.4. The van der Waals surface area contributed by atoms with E-state index in [1.54, 1.807) is 18.2 Å². The SMILES string of the molecule is CC(CC(O)c1ccco1)NC(=O)/C=C/C1CCCCC1. The first-order chi connectivity index (χ1) is 10.1. The molecule has 0 radical (unpaired) electrons. The Bertz CT molecular complexity index is 447. The van der Waals surface area contributed by atoms with Gasteiger partial charge in [-0.25, -0.2) is 0 Å². The summed E-state index contributed by atoms with van der Waals surface area (Å²) in [7, 11) is 0. The van der Waals surface area contributed by atoms with Gasteiger partial charge in [-0.05, 0) is 43.9 Å². The highest BCUT2D eigenvalue weighted by molar-refractivity contribution is 5.87. The zero-order valence-electron chi connectivity index (χ0n) is 12.6. The van der Waals surface area contributed by atoms with Gasteiger partial charge in [-0.1, -0.05) is 25.3 Å². The average Bonchev–Trinajstić information content (AvgIpc) is 3.00. The monoisotopic (exact) mass is 291 g/mol. The predicted molar refractivity (Wildman–Crippen MR) is 81.6 cm³/mol. The zero-order chi connectivity index (χ0) is 15.1. The fourth-order valence-electron chi connectivity index (χ4n) is 2.83. The van der Waals surface area contributed by atoms with Crippen molar-refractivity contribution < 1.29 is 14.3 Å². The minimum atomic E-state index is -0.683. The molecule has 1 aliphatic rings. The van der Waals surface area contributed by atoms with Crippen molar-refractivity contribution in [3.05, 3.63) is 36.3 Å². The number of hydrogen-bond donors (Lipinski definition) is 2. The van der Waals surface area contributed by atoms with Crippen LogP contribution in [0.25, 0.3) is 0 Å². The van der Waals surface area contributed by atoms with Gasteiger partial charge in [0.1, 0.15) is 11.9 Å². The Morgan fingerprint density at radius 2 is 2.24 bits per heavy atom. The second-order valence-corrected chi connectivity index (χ2v) is 5.93. The first kappa shape index (κ1) is 15.8. The van der Waals surface area contributed by atoms with E-state index in [-0.39, 0.29) is 11.9 Å². The Hall–Kier alpha value is -1.55. The van der Waals surface area contributed by atoms with Crippen LogP contribution in [0.1, 0.15) is 57.3 Å². The first-order valence-corrected chi connectivity index (χ1v) is 7.85. The summed E-state index contributed by atoms with van der Waals surface area (Å²) in [5.74, 6) is 1.00. The Labute approximate surface area is 126 Å². The van der Waals surface area contributed by atoms with Crippen LogP contribution in [0.4, 0.5) is 0 Å². The van der Waals surface area contributed by atoms with Crippen molar-refractivity contribution in [2.45, 2.75) is 57.6 Å². The summed E-state index contributed by atoms with van der Waals surface area (Å²) >= 11 is 0. The molecule has 2 atom stereocenters. The molecular weight excluding hydrogens is 266 g/mol. The maximum absolute atomic E-state index is 11.9. The molecule has 4 nitrogen and oxygen atoms in total. The number of rotatable bonds is 6. The Kier molecular flexibility index (Phi) is 6.05. The Balaban J connectivity index is 1.72. The molecule has 1 saturated carbocycles. The second-order valence-electron chi connectivity index (χ2n) is 5.93. The van der Waals surface area contributed by atoms with E-state index >= 15 is 0 Å². The quantitative estimate of drug-likeness (QED) is 0.790. The molecule has 1 aliphatic carbocycles. The number of allylic oxidation sites excluding steroid dienone is 1. The lowest BCUT2D eigenvalue weighted by atomic mass is 9.89. The molecule has 4 heteroatoms. The van der Waals surface area contributed by atoms with E-state index in [9.17, 15) is 9.90 Å². The van der Waals surface area contributed by atoms with Gasteiger partial charge in [-0.2, -0.15) is 0 Å². The Morgan fingerprint density at radius 1 is 1.48 bits per heavy atom. The van der Waals surface area contributed by atoms with Crippen LogP contribution in [-0.2, 0) is 4.79 Å². The number of carbonyl (C=O) groups is 1. The van der Waals surface area contributed by atoms with Crippen LogP contribution in [0.5, 0.6) is 0 Å². The van der Waals surface area contributed by atoms with Gasteiger partial charge >= 0.3 is 0 Å². The smallest absolute Gasteiger partial charge is 0.243 e. The molecule has 0 spiro atoms. The van der Waals surface area contributed by atoms with Gasteiger partial charge in [-0.3, -0.25) is 4.79 Å². The van der Waals surface area contributed by atoms with Gasteiger partial charge in [0.15, 0.2) is 0 Å². The normalized spacial score (nSPS) is 19.5. The fourth-order valence-corrected chi connectivity index (χ4v) is 2.83. The summed E-state index contributed by atoms with van der Waals surface area (Å²) in [6, 6.07) is 3.38. The highest BCUT2D eigenvalue weighted by Crippen LogP contribution is 2.24. The van der Waals surface area contributed by atoms with Crippen molar-refractivity contribution in [3.63, 3.8) is 0 Å². The molecule has 1 amide bonds. The van der Waals surface area contributed by atoms with Gasteiger partial charge in [0, 0.05) is 12.5 Å². The number of carbonyl (C=O) groups excluding carboxylic acids is 1. The number of amides is 1. The third-order valence-corrected chi connectivity index (χ3v) is 4.01. The molecule has 0 saturated heterocycles. The van der Waals surface area contributed by atoms with E-state index in [0.717, 1.165) is 0 Å². The van der Waals surface area contributed by atoms with Crippen molar-refractivity contribution in [2.75, 3.05) is 0 Å². The van der Waals surface area contributed by atoms with E-state index in [2.05, 4.69) is 5.32 Å². The van der Waals surface area contributed by atoms with E-state index in [1.807, 2.05) is 13.0 Å². The lowest BCUT2D eigenvalue weighted by Crippen LogP contribution is -2.32. The minimum absolute atomic E-state index is 0.0836. The minimum Gasteiger partial charge on any atom is -0.467 e. The molecular formula is C17H25NO3. The number of hydrogen-bond acceptors (Lipinski definition) is 3. The Morgan fingerprint density at radius 3 is 2.90 bits per heavy atom. The lowest BCUT2D eigenvalue weighted by Gasteiger charge is -2.18. The number of furan rings is 1. The van der Waals surface area contributed by atoms with Gasteiger partial charge in [0.05, 0.1) is 6.26 Å². The molecule has 2 unspecified atom stereocenters. The second kappa shape index (κ2) is 8.03. The average molecular weight is 291 g/mol. The summed E-state index contributed by atoms with van der Waals surface area (Å²) in [5, 5.41) is 12.8. The third kappa shape index (κ3) is 5.38. The molecule has 1 heterocycles. The summed E-state index contributed by atoms with van der Waals surface area (Å²) < 4.78 is 5.15. The summed E-state index contributed by atoms with van der Waals surface area (Å²) in [6.07, 6.45) is 11.2. The van der Waals surface area contributed by atoms with Crippen LogP contribution >= 0.6 is 0 Å². The molecule has 0 bridgehead atoms. The maximum Gasteiger partial charge on any atom is 0.243 e. The number of aliphatic hydroxyl groups excluding tert-OH is 1. The van der Waals surface area contributed by atoms with Crippen LogP contribution in [0, 0.1) is 5.92 Å². The first-order valence-electron chi connectivity index (χ1n) is 7.85. The summed E-state index contributed by atoms with van der Waals surface area (Å²) in [5.41, 5.74) is 0. The molecule has 1 fully saturated rings. The van der Waals surface area contributed by atoms with Crippen LogP contribution in [0.2, 0.25) is 0 Å². The van der Waals surface area contributed by atoms with Crippen molar-refractivity contribution in [3.8, 4) is 0 Å². The zero-order valence-corrected chi connectivity index (χ0v) is 12.6. The van der Waals surface area contributed by atoms with E-state index < -0.39 is 6.10 Å². The standard InChI is InChI=1S/C17H25NO3/c1-13(12-15(19)16-8-5-11-21-16)18-17(20)10-9-14-6-3-2-4-7-14/h5,8-11,13-15,19H,2-4,6-7,12H2,1H3,(H,18,20)/b10-9+. The van der Waals surface area contributed by atoms with Gasteiger partial charge in [-0.15, -0.1) is 0 Å². The van der Waals surface area contributed by atoms with Crippen molar-refractivity contribution >= 4 is 5.91 Å². The molecule has 2 rings (SSSR count). The van der Waals surface area contributed by atoms with Crippen LogP contribution < -0.4 is 5.32 Å². The van der Waals surface area contributed by atoms with Gasteiger partial charge in [0.2, 0.25) is 5.91 Å². The molecule has 116 valence electrons. The van der Waals surface area contributed by atoms with Gasteiger partial charge in [0.25, 0.3) is 0 Å². The molecule has 1 aromatic rings. The molecule has 0 aliphatic heterocycles. The van der Waals surface area contributed by atoms with Crippen LogP contribution in [0.3, 0.4) is 0 Å². The number of nitrogens with one attached hydrogen (secondary N) is 1. The van der Waals surface area contributed by atoms with Crippen molar-refractivity contribution in [1.82, 2.24) is 5.32 Å². The summed E-state index contributed by atoms with van der Waals surface area (Å²) in [6.45, 7) is 1.89. The van der Waals surface area contributed by atoms with E-state index in [4.69, 9.17) is 4.42 Å². The van der Waals surface area contributed by atoms with E-state index in [0.29, 0.717) is 18.1 Å². The molecule has 0 aromatic carbocycles. The van der Waals surface area contributed by atoms with E-state index in [1.165, 1.54) is 38.4 Å². The molecule has 21 heavy (non-hydrogen) atoms. The fraction of sp³-hybridized carbons (Fsp3) is 0.588. The van der Waals surface area contributed by atoms with Crippen molar-refractivity contribution in [1.29, 1.82) is 0 Å². The maximum atomic E-state index is 11.9. The summed E-state index contributed by atoms with van der Waals surface area (Å²) in [4.78, 5) is 11.9. The van der Waals surface area contributed by atoms with Gasteiger partial charge < -0.3 is 14.8 Å². The third-order valence-electron chi connectivity index (χ3n) is 4.01. The predicted octanol–water partition coefficient (Wildman–Crippen LogP) is 3.34. The molecule has 1 aromatic heterocycles. The van der Waals surface area contributed by atoms with Crippen molar-refractivity contribution in [2.24, 2.45) is 5.92 Å². The van der Waals surface area contributed by atoms with Crippen LogP contribution in [-0.4, -0.2) is 17.1 Å².